The maximum Gasteiger partial charge on any atom is 0.297 e. The minimum absolute atomic E-state index is 0.150. The molecule has 0 aromatic heterocycles. The van der Waals surface area contributed by atoms with E-state index in [0.717, 1.165) is 18.2 Å². The fourth-order valence-electron chi connectivity index (χ4n) is 6.76. The Kier molecular flexibility index (Phi) is 9.90. The number of nitrogen functional groups attached to an aromatic ring is 1. The van der Waals surface area contributed by atoms with Gasteiger partial charge in [-0.1, -0.05) is 66.7 Å². The van der Waals surface area contributed by atoms with Crippen LogP contribution >= 0.6 is 0 Å². The molecule has 0 saturated carbocycles. The Morgan fingerprint density at radius 1 is 0.517 bits per heavy atom. The van der Waals surface area contributed by atoms with Gasteiger partial charge in [0.15, 0.2) is 5.71 Å². The molecule has 0 radical (unpaired) electrons. The maximum atomic E-state index is 13.4. The SMILES string of the molecule is Nc1ccc2c(c1)C=C(S(=O)(=O)O)/C(=N/Nc1ccc(N=Nc3ccc(N=Nc4ccc5c(S(=O)(=O)O)cccc5c4S(=O)(=O)O)c4ccccc34)c3ccccc13)C2=O. The standard InChI is InChI=1S/C40H27N7O10S3/c41-23-12-13-24-22(20-23)21-37(59(52,53)54)38(39(24)48)47-45-34-19-18-32(27-8-3-4-9-28(27)34)43-42-31-16-17-33(26-7-2-1-6-25(26)31)44-46-35-15-14-29-30(40(35)60(55,56)57)10-5-11-36(29)58(49,50)51/h1-21,45H,41H2,(H,49,50,51)(H,52,53,54)(H,55,56,57)/b43-42?,46-44?,47-38-. The van der Waals surface area contributed by atoms with E-state index in [9.17, 15) is 43.7 Å². The van der Waals surface area contributed by atoms with Gasteiger partial charge in [0.1, 0.15) is 20.4 Å². The quantitative estimate of drug-likeness (QED) is 0.0393. The number of benzene rings is 7. The molecule has 0 amide bonds. The van der Waals surface area contributed by atoms with Crippen LogP contribution in [0.1, 0.15) is 15.9 Å². The van der Waals surface area contributed by atoms with Crippen molar-refractivity contribution in [3.8, 4) is 0 Å². The summed E-state index contributed by atoms with van der Waals surface area (Å²) in [6.07, 6.45) is 1.13. The third-order valence-corrected chi connectivity index (χ3v) is 12.1. The van der Waals surface area contributed by atoms with Crippen molar-refractivity contribution in [3.05, 3.63) is 137 Å². The predicted octanol–water partition coefficient (Wildman–Crippen LogP) is 8.95. The molecular weight excluding hydrogens is 835 g/mol. The topological polar surface area (TPSA) is 280 Å². The van der Waals surface area contributed by atoms with E-state index in [0.29, 0.717) is 44.3 Å². The largest absolute Gasteiger partial charge is 0.399 e. The van der Waals surface area contributed by atoms with E-state index in [1.165, 1.54) is 36.4 Å². The van der Waals surface area contributed by atoms with E-state index in [4.69, 9.17) is 5.73 Å². The fourth-order valence-corrected chi connectivity index (χ4v) is 8.96. The third-order valence-electron chi connectivity index (χ3n) is 9.42. The summed E-state index contributed by atoms with van der Waals surface area (Å²) in [5.41, 5.74) is 9.95. The van der Waals surface area contributed by atoms with Gasteiger partial charge < -0.3 is 5.73 Å². The van der Waals surface area contributed by atoms with Crippen LogP contribution in [0.15, 0.2) is 162 Å². The number of hydrogen-bond donors (Lipinski definition) is 5. The van der Waals surface area contributed by atoms with Gasteiger partial charge in [-0.3, -0.25) is 23.9 Å². The molecule has 0 spiro atoms. The van der Waals surface area contributed by atoms with Crippen molar-refractivity contribution >= 4 is 114 Å². The first-order chi connectivity index (χ1) is 28.5. The summed E-state index contributed by atoms with van der Waals surface area (Å²) in [5, 5.41) is 23.5. The Labute approximate surface area is 340 Å². The van der Waals surface area contributed by atoms with Crippen LogP contribution in [0, 0.1) is 0 Å². The van der Waals surface area contributed by atoms with Crippen molar-refractivity contribution in [1.82, 2.24) is 0 Å². The number of fused-ring (bicyclic) bond motifs is 4. The first-order valence-electron chi connectivity index (χ1n) is 17.3. The van der Waals surface area contributed by atoms with E-state index in [1.807, 2.05) is 0 Å². The van der Waals surface area contributed by atoms with Crippen molar-refractivity contribution in [3.63, 3.8) is 0 Å². The normalized spacial score (nSPS) is 14.4. The number of Topliss-reactive ketones (excluding diaryl/α,β-unsaturated/α-hetero) is 1. The van der Waals surface area contributed by atoms with Gasteiger partial charge in [0.2, 0.25) is 5.78 Å². The highest BCUT2D eigenvalue weighted by Gasteiger charge is 2.33. The van der Waals surface area contributed by atoms with Gasteiger partial charge in [-0.25, -0.2) is 0 Å². The first kappa shape index (κ1) is 39.7. The molecule has 0 fully saturated rings. The summed E-state index contributed by atoms with van der Waals surface area (Å²) in [7, 11) is -14.6. The molecule has 60 heavy (non-hydrogen) atoms. The van der Waals surface area contributed by atoms with Crippen LogP contribution < -0.4 is 11.2 Å². The molecule has 7 aromatic carbocycles. The highest BCUT2D eigenvalue weighted by atomic mass is 32.2. The van der Waals surface area contributed by atoms with Gasteiger partial charge in [0, 0.05) is 43.6 Å². The van der Waals surface area contributed by atoms with Crippen LogP contribution in [-0.2, 0) is 30.4 Å². The zero-order chi connectivity index (χ0) is 42.6. The number of rotatable bonds is 9. The van der Waals surface area contributed by atoms with Crippen molar-refractivity contribution in [2.75, 3.05) is 11.2 Å². The summed E-state index contributed by atoms with van der Waals surface area (Å²) in [6.45, 7) is 0. The lowest BCUT2D eigenvalue weighted by Gasteiger charge is -2.17. The molecule has 17 nitrogen and oxygen atoms in total. The smallest absolute Gasteiger partial charge is 0.297 e. The Bertz CT molecular complexity index is 3480. The van der Waals surface area contributed by atoms with Crippen molar-refractivity contribution in [2.45, 2.75) is 9.79 Å². The summed E-state index contributed by atoms with van der Waals surface area (Å²) >= 11 is 0. The highest BCUT2D eigenvalue weighted by Crippen LogP contribution is 2.40. The predicted molar refractivity (Wildman–Crippen MR) is 226 cm³/mol. The molecular formula is C40H27N7O10S3. The second-order valence-corrected chi connectivity index (χ2v) is 17.3. The molecule has 20 heteroatoms. The van der Waals surface area contributed by atoms with Gasteiger partial charge in [-0.05, 0) is 66.2 Å². The number of carbonyl (C=O) groups excluding carboxylic acids is 1. The van der Waals surface area contributed by atoms with Crippen LogP contribution in [0.2, 0.25) is 0 Å². The number of nitrogens with one attached hydrogen (secondary N) is 1. The molecule has 0 aliphatic heterocycles. The summed E-state index contributed by atoms with van der Waals surface area (Å²) in [4.78, 5) is 11.4. The average molecular weight is 862 g/mol. The van der Waals surface area contributed by atoms with Crippen LogP contribution in [0.25, 0.3) is 38.4 Å². The lowest BCUT2D eigenvalue weighted by molar-refractivity contribution is 0.106. The van der Waals surface area contributed by atoms with E-state index in [-0.39, 0.29) is 33.3 Å². The second-order valence-electron chi connectivity index (χ2n) is 13.2. The molecule has 300 valence electrons. The van der Waals surface area contributed by atoms with Gasteiger partial charge in [-0.15, -0.1) is 20.5 Å². The van der Waals surface area contributed by atoms with Gasteiger partial charge in [0.05, 0.1) is 22.7 Å². The van der Waals surface area contributed by atoms with Crippen LogP contribution in [0.4, 0.5) is 34.1 Å². The molecule has 8 rings (SSSR count). The number of hydrazone groups is 1. The number of hydrogen-bond acceptors (Lipinski definition) is 14. The summed E-state index contributed by atoms with van der Waals surface area (Å²) < 4.78 is 103. The van der Waals surface area contributed by atoms with E-state index in [1.54, 1.807) is 72.8 Å². The van der Waals surface area contributed by atoms with Gasteiger partial charge in [0.25, 0.3) is 30.4 Å². The van der Waals surface area contributed by atoms with Crippen molar-refractivity contribution < 1.29 is 43.7 Å². The zero-order valence-electron chi connectivity index (χ0n) is 30.4. The number of allylic oxidation sites excluding steroid dienone is 1. The fraction of sp³-hybridized carbons (Fsp3) is 0. The Hall–Kier alpha value is -7.07. The number of anilines is 2. The Morgan fingerprint density at radius 2 is 1.05 bits per heavy atom. The maximum absolute atomic E-state index is 13.4. The molecule has 1 aliphatic carbocycles. The Balaban J connectivity index is 1.13. The zero-order valence-corrected chi connectivity index (χ0v) is 32.8. The van der Waals surface area contributed by atoms with Gasteiger partial charge in [-0.2, -0.15) is 30.4 Å². The van der Waals surface area contributed by atoms with E-state index < -0.39 is 56.5 Å². The van der Waals surface area contributed by atoms with E-state index in [2.05, 4.69) is 31.0 Å². The average Bonchev–Trinajstić information content (AvgIpc) is 3.20. The molecule has 0 saturated heterocycles. The number of carbonyl (C=O) groups is 1. The minimum Gasteiger partial charge on any atom is -0.399 e. The molecule has 0 atom stereocenters. The molecule has 0 bridgehead atoms. The highest BCUT2D eigenvalue weighted by molar-refractivity contribution is 7.91. The van der Waals surface area contributed by atoms with Crippen LogP contribution in [-0.4, -0.2) is 50.4 Å². The number of azo groups is 2. The van der Waals surface area contributed by atoms with E-state index >= 15 is 0 Å². The Morgan fingerprint density at radius 3 is 1.63 bits per heavy atom. The number of nitrogens with two attached hydrogens (primary N) is 1. The van der Waals surface area contributed by atoms with Crippen molar-refractivity contribution in [2.24, 2.45) is 25.6 Å². The van der Waals surface area contributed by atoms with Crippen LogP contribution in [0.5, 0.6) is 0 Å². The third kappa shape index (κ3) is 7.52. The second kappa shape index (κ2) is 14.9. The molecule has 7 aromatic rings. The molecule has 0 heterocycles. The van der Waals surface area contributed by atoms with Crippen LogP contribution in [0.3, 0.4) is 0 Å². The van der Waals surface area contributed by atoms with Crippen molar-refractivity contribution in [1.29, 1.82) is 0 Å². The number of nitrogens with zero attached hydrogens (tertiary/aromatic N) is 5. The summed E-state index contributed by atoms with van der Waals surface area (Å²) in [5.74, 6) is -0.740. The first-order valence-corrected chi connectivity index (χ1v) is 21.7. The lowest BCUT2D eigenvalue weighted by Crippen LogP contribution is -2.27. The molecule has 6 N–H and O–H groups in total. The molecule has 0 unspecified atom stereocenters. The van der Waals surface area contributed by atoms with Gasteiger partial charge >= 0.3 is 0 Å². The monoisotopic (exact) mass is 861 g/mol. The minimum atomic E-state index is -4.98. The summed E-state index contributed by atoms with van der Waals surface area (Å²) in [6, 6.07) is 30.8. The molecule has 1 aliphatic rings. The lowest BCUT2D eigenvalue weighted by atomic mass is 9.94. The number of ketones is 1.